The van der Waals surface area contributed by atoms with Crippen LogP contribution in [0.25, 0.3) is 11.1 Å². The second kappa shape index (κ2) is 5.72. The van der Waals surface area contributed by atoms with Crippen LogP contribution in [0, 0.1) is 0 Å². The summed E-state index contributed by atoms with van der Waals surface area (Å²) in [5.74, 6) is 0.103. The third-order valence-corrected chi connectivity index (χ3v) is 3.88. The molecule has 0 unspecified atom stereocenters. The molecule has 0 fully saturated rings. The first-order valence-electron chi connectivity index (χ1n) is 7.22. The van der Waals surface area contributed by atoms with Crippen molar-refractivity contribution >= 4 is 0 Å². The number of alkyl halides is 6. The third kappa shape index (κ3) is 2.95. The van der Waals surface area contributed by atoms with Crippen LogP contribution in [0.5, 0.6) is 5.75 Å². The van der Waals surface area contributed by atoms with E-state index in [4.69, 9.17) is 4.74 Å². The van der Waals surface area contributed by atoms with Crippen LogP contribution in [0.15, 0.2) is 36.4 Å². The molecule has 2 aromatic carbocycles. The lowest BCUT2D eigenvalue weighted by Gasteiger charge is -2.24. The molecule has 0 aromatic heterocycles. The van der Waals surface area contributed by atoms with Crippen molar-refractivity contribution in [3.63, 3.8) is 0 Å². The van der Waals surface area contributed by atoms with Crippen LogP contribution >= 0.6 is 0 Å². The van der Waals surface area contributed by atoms with Gasteiger partial charge in [-0.2, -0.15) is 26.3 Å². The molecule has 0 spiro atoms. The lowest BCUT2D eigenvalue weighted by Crippen LogP contribution is -2.16. The molecule has 1 heterocycles. The Hall–Kier alpha value is -2.18. The molecule has 0 N–H and O–H groups in total. The van der Waals surface area contributed by atoms with E-state index in [2.05, 4.69) is 0 Å². The molecule has 128 valence electrons. The number of ether oxygens (including phenoxy) is 1. The molecule has 1 aliphatic heterocycles. The van der Waals surface area contributed by atoms with Crippen molar-refractivity contribution in [2.75, 3.05) is 6.61 Å². The highest BCUT2D eigenvalue weighted by Gasteiger charge is 2.41. The van der Waals surface area contributed by atoms with E-state index < -0.39 is 29.0 Å². The van der Waals surface area contributed by atoms with E-state index in [0.717, 1.165) is 6.07 Å². The van der Waals surface area contributed by atoms with Gasteiger partial charge in [-0.3, -0.25) is 0 Å². The Balaban J connectivity index is 2.35. The van der Waals surface area contributed by atoms with Gasteiger partial charge in [-0.05, 0) is 30.5 Å². The van der Waals surface area contributed by atoms with E-state index in [1.807, 2.05) is 0 Å². The summed E-state index contributed by atoms with van der Waals surface area (Å²) in [4.78, 5) is 0. The third-order valence-electron chi connectivity index (χ3n) is 3.88. The second-order valence-electron chi connectivity index (χ2n) is 5.47. The molecule has 0 radical (unpaired) electrons. The van der Waals surface area contributed by atoms with Gasteiger partial charge in [0.1, 0.15) is 5.75 Å². The summed E-state index contributed by atoms with van der Waals surface area (Å²) in [6.07, 6.45) is -8.59. The minimum atomic E-state index is -4.91. The van der Waals surface area contributed by atoms with Crippen molar-refractivity contribution < 1.29 is 31.1 Å². The van der Waals surface area contributed by atoms with Gasteiger partial charge in [-0.25, -0.2) is 0 Å². The number of fused-ring (bicyclic) bond motifs is 1. The second-order valence-corrected chi connectivity index (χ2v) is 5.47. The van der Waals surface area contributed by atoms with Crippen LogP contribution in [0.2, 0.25) is 0 Å². The van der Waals surface area contributed by atoms with Gasteiger partial charge in [0.05, 0.1) is 17.7 Å². The maximum absolute atomic E-state index is 13.3. The van der Waals surface area contributed by atoms with Gasteiger partial charge in [0.25, 0.3) is 0 Å². The number of rotatable bonds is 1. The quantitative estimate of drug-likeness (QED) is 0.601. The monoisotopic (exact) mass is 346 g/mol. The predicted octanol–water partition coefficient (Wildman–Crippen LogP) is 5.72. The minimum absolute atomic E-state index is 0.103. The van der Waals surface area contributed by atoms with Crippen molar-refractivity contribution in [1.82, 2.24) is 0 Å². The van der Waals surface area contributed by atoms with E-state index in [9.17, 15) is 26.3 Å². The van der Waals surface area contributed by atoms with Crippen LogP contribution in [0.1, 0.15) is 23.1 Å². The van der Waals surface area contributed by atoms with Gasteiger partial charge in [0.2, 0.25) is 0 Å². The average Bonchev–Trinajstić information content (AvgIpc) is 2.52. The van der Waals surface area contributed by atoms with Crippen LogP contribution in [-0.4, -0.2) is 6.61 Å². The normalized spacial score (nSPS) is 14.9. The molecule has 0 saturated heterocycles. The molecular formula is C17H12F6O. The van der Waals surface area contributed by atoms with Crippen LogP contribution < -0.4 is 4.74 Å². The van der Waals surface area contributed by atoms with Crippen LogP contribution in [0.4, 0.5) is 26.3 Å². The Morgan fingerprint density at radius 2 is 1.38 bits per heavy atom. The number of aryl methyl sites for hydroxylation is 1. The first kappa shape index (κ1) is 16.7. The zero-order chi connectivity index (χ0) is 17.5. The highest BCUT2D eigenvalue weighted by molar-refractivity contribution is 5.79. The van der Waals surface area contributed by atoms with Crippen molar-refractivity contribution in [2.45, 2.75) is 25.2 Å². The Bertz CT molecular complexity index is 728. The molecule has 0 atom stereocenters. The highest BCUT2D eigenvalue weighted by Crippen LogP contribution is 2.48. The zero-order valence-corrected chi connectivity index (χ0v) is 12.3. The topological polar surface area (TPSA) is 9.23 Å². The van der Waals surface area contributed by atoms with Gasteiger partial charge in [-0.15, -0.1) is 0 Å². The molecule has 0 amide bonds. The zero-order valence-electron chi connectivity index (χ0n) is 12.3. The van der Waals surface area contributed by atoms with E-state index in [1.54, 1.807) is 6.07 Å². The van der Waals surface area contributed by atoms with Gasteiger partial charge >= 0.3 is 12.4 Å². The Kier molecular flexibility index (Phi) is 3.97. The lowest BCUT2D eigenvalue weighted by atomic mass is 9.90. The summed E-state index contributed by atoms with van der Waals surface area (Å²) in [7, 11) is 0. The summed E-state index contributed by atoms with van der Waals surface area (Å²) in [5, 5.41) is 0. The molecule has 0 saturated carbocycles. The molecule has 2 aromatic rings. The molecule has 24 heavy (non-hydrogen) atoms. The summed E-state index contributed by atoms with van der Waals surface area (Å²) >= 11 is 0. The SMILES string of the molecule is FC(F)(F)c1cccc(C(F)(F)F)c1-c1cccc2c1OCCC2. The van der Waals surface area contributed by atoms with Gasteiger partial charge in [0.15, 0.2) is 0 Å². The number of para-hydroxylation sites is 1. The van der Waals surface area contributed by atoms with Crippen LogP contribution in [0.3, 0.4) is 0 Å². The standard InChI is InChI=1S/C17H12F6O/c18-16(19,20)12-7-2-8-13(17(21,22)23)14(12)11-6-1-4-10-5-3-9-24-15(10)11/h1-2,4,6-8H,3,5,9H2. The molecule has 7 heteroatoms. The van der Waals surface area contributed by atoms with Gasteiger partial charge in [-0.1, -0.05) is 24.3 Å². The molecular weight excluding hydrogens is 334 g/mol. The van der Waals surface area contributed by atoms with E-state index in [-0.39, 0.29) is 17.9 Å². The van der Waals surface area contributed by atoms with Crippen LogP contribution in [-0.2, 0) is 18.8 Å². The van der Waals surface area contributed by atoms with Crippen molar-refractivity contribution in [1.29, 1.82) is 0 Å². The molecule has 1 nitrogen and oxygen atoms in total. The molecule has 3 rings (SSSR count). The summed E-state index contributed by atoms with van der Waals surface area (Å²) in [5.41, 5.74) is -3.08. The Labute approximate surface area is 133 Å². The summed E-state index contributed by atoms with van der Waals surface area (Å²) in [6, 6.07) is 6.44. The summed E-state index contributed by atoms with van der Waals surface area (Å²) in [6.45, 7) is 0.263. The van der Waals surface area contributed by atoms with Crippen molar-refractivity contribution in [2.24, 2.45) is 0 Å². The van der Waals surface area contributed by atoms with E-state index in [0.29, 0.717) is 30.5 Å². The maximum Gasteiger partial charge on any atom is 0.417 e. The van der Waals surface area contributed by atoms with Gasteiger partial charge < -0.3 is 4.74 Å². The lowest BCUT2D eigenvalue weighted by molar-refractivity contribution is -0.142. The fourth-order valence-electron chi connectivity index (χ4n) is 2.90. The molecule has 1 aliphatic rings. The smallest absolute Gasteiger partial charge is 0.417 e. The number of benzene rings is 2. The Morgan fingerprint density at radius 1 is 0.792 bits per heavy atom. The fourth-order valence-corrected chi connectivity index (χ4v) is 2.90. The first-order valence-corrected chi connectivity index (χ1v) is 7.22. The molecule has 0 aliphatic carbocycles. The van der Waals surface area contributed by atoms with E-state index >= 15 is 0 Å². The van der Waals surface area contributed by atoms with Crippen molar-refractivity contribution in [3.05, 3.63) is 53.1 Å². The van der Waals surface area contributed by atoms with Gasteiger partial charge in [0, 0.05) is 11.1 Å². The average molecular weight is 346 g/mol. The number of halogens is 6. The minimum Gasteiger partial charge on any atom is -0.493 e. The fraction of sp³-hybridized carbons (Fsp3) is 0.294. The number of hydrogen-bond donors (Lipinski definition) is 0. The van der Waals surface area contributed by atoms with Crippen molar-refractivity contribution in [3.8, 4) is 16.9 Å². The first-order chi connectivity index (χ1) is 11.2. The highest BCUT2D eigenvalue weighted by atomic mass is 19.4. The summed E-state index contributed by atoms with van der Waals surface area (Å²) < 4.78 is 85.4. The Morgan fingerprint density at radius 3 is 1.96 bits per heavy atom. The van der Waals surface area contributed by atoms with E-state index in [1.165, 1.54) is 12.1 Å². The molecule has 0 bridgehead atoms. The maximum atomic E-state index is 13.3. The number of hydrogen-bond acceptors (Lipinski definition) is 1. The predicted molar refractivity (Wildman–Crippen MR) is 75.7 cm³/mol. The largest absolute Gasteiger partial charge is 0.493 e.